The van der Waals surface area contributed by atoms with Crippen LogP contribution >= 0.6 is 11.6 Å². The monoisotopic (exact) mass is 242 g/mol. The molecule has 17 heavy (non-hydrogen) atoms. The molecule has 2 N–H and O–H groups in total. The van der Waals surface area contributed by atoms with Crippen molar-refractivity contribution in [3.8, 4) is 6.07 Å². The zero-order valence-electron chi connectivity index (χ0n) is 9.10. The molecule has 0 aromatic heterocycles. The smallest absolute Gasteiger partial charge is 0.0962 e. The summed E-state index contributed by atoms with van der Waals surface area (Å²) in [7, 11) is 0. The Balaban J connectivity index is 2.37. The van der Waals surface area contributed by atoms with Gasteiger partial charge in [-0.05, 0) is 35.4 Å². The lowest BCUT2D eigenvalue weighted by Gasteiger charge is -2.10. The van der Waals surface area contributed by atoms with Gasteiger partial charge in [-0.1, -0.05) is 35.9 Å². The van der Waals surface area contributed by atoms with Crippen LogP contribution in [-0.2, 0) is 0 Å². The normalized spacial score (nSPS) is 11.8. The number of nitrogens with two attached hydrogens (primary N) is 1. The highest BCUT2D eigenvalue weighted by molar-refractivity contribution is 6.30. The van der Waals surface area contributed by atoms with Crippen LogP contribution in [0.25, 0.3) is 0 Å². The van der Waals surface area contributed by atoms with E-state index in [-0.39, 0.29) is 5.92 Å². The van der Waals surface area contributed by atoms with Crippen molar-refractivity contribution in [1.29, 1.82) is 5.26 Å². The van der Waals surface area contributed by atoms with Gasteiger partial charge in [-0.15, -0.1) is 0 Å². The second-order valence-corrected chi connectivity index (χ2v) is 4.22. The fraction of sp³-hybridized carbons (Fsp3) is 0.0714. The Hall–Kier alpha value is -1.98. The van der Waals surface area contributed by atoms with Gasteiger partial charge < -0.3 is 5.73 Å². The van der Waals surface area contributed by atoms with E-state index >= 15 is 0 Å². The summed E-state index contributed by atoms with van der Waals surface area (Å²) in [6, 6.07) is 17.0. The van der Waals surface area contributed by atoms with Crippen molar-refractivity contribution in [3.63, 3.8) is 0 Å². The molecule has 84 valence electrons. The van der Waals surface area contributed by atoms with Crippen molar-refractivity contribution >= 4 is 17.3 Å². The summed E-state index contributed by atoms with van der Waals surface area (Å²) in [5.74, 6) is -0.284. The topological polar surface area (TPSA) is 49.8 Å². The van der Waals surface area contributed by atoms with Crippen LogP contribution in [0.15, 0.2) is 48.5 Å². The Bertz CT molecular complexity index is 492. The Morgan fingerprint density at radius 2 is 1.41 bits per heavy atom. The molecule has 1 atom stereocenters. The second-order valence-electron chi connectivity index (χ2n) is 3.78. The molecule has 0 spiro atoms. The number of nitrogens with zero attached hydrogens (tertiary/aromatic N) is 1. The molecule has 0 amide bonds. The van der Waals surface area contributed by atoms with Crippen LogP contribution in [0.4, 0.5) is 5.69 Å². The van der Waals surface area contributed by atoms with Crippen LogP contribution < -0.4 is 5.73 Å². The SMILES string of the molecule is N#C[C@@H](c1ccc(N)cc1)c1ccc(Cl)cc1. The summed E-state index contributed by atoms with van der Waals surface area (Å²) in [4.78, 5) is 0. The maximum absolute atomic E-state index is 9.26. The molecular weight excluding hydrogens is 232 g/mol. The maximum atomic E-state index is 9.26. The van der Waals surface area contributed by atoms with Crippen molar-refractivity contribution in [2.24, 2.45) is 0 Å². The van der Waals surface area contributed by atoms with E-state index in [1.807, 2.05) is 24.3 Å². The van der Waals surface area contributed by atoms with Gasteiger partial charge in [-0.3, -0.25) is 0 Å². The zero-order valence-corrected chi connectivity index (χ0v) is 9.85. The number of halogens is 1. The van der Waals surface area contributed by atoms with Gasteiger partial charge in [0.15, 0.2) is 0 Å². The molecule has 0 bridgehead atoms. The first-order valence-corrected chi connectivity index (χ1v) is 5.59. The van der Waals surface area contributed by atoms with Crippen LogP contribution in [0.1, 0.15) is 17.0 Å². The molecule has 0 saturated carbocycles. The Kier molecular flexibility index (Phi) is 3.32. The minimum Gasteiger partial charge on any atom is -0.399 e. The van der Waals surface area contributed by atoms with Gasteiger partial charge in [0.25, 0.3) is 0 Å². The van der Waals surface area contributed by atoms with Crippen LogP contribution in [0.5, 0.6) is 0 Å². The molecule has 2 rings (SSSR count). The molecule has 0 aliphatic carbocycles. The van der Waals surface area contributed by atoms with Gasteiger partial charge in [0.05, 0.1) is 12.0 Å². The number of nitrogen functional groups attached to an aromatic ring is 1. The highest BCUT2D eigenvalue weighted by Gasteiger charge is 2.12. The summed E-state index contributed by atoms with van der Waals surface area (Å²) in [6.07, 6.45) is 0. The van der Waals surface area contributed by atoms with E-state index in [4.69, 9.17) is 17.3 Å². The van der Waals surface area contributed by atoms with E-state index < -0.39 is 0 Å². The first-order chi connectivity index (χ1) is 8.20. The highest BCUT2D eigenvalue weighted by atomic mass is 35.5. The number of anilines is 1. The summed E-state index contributed by atoms with van der Waals surface area (Å²) < 4.78 is 0. The van der Waals surface area contributed by atoms with Crippen LogP contribution in [0.2, 0.25) is 5.02 Å². The zero-order chi connectivity index (χ0) is 12.3. The van der Waals surface area contributed by atoms with E-state index in [0.29, 0.717) is 10.7 Å². The average Bonchev–Trinajstić information content (AvgIpc) is 2.35. The summed E-state index contributed by atoms with van der Waals surface area (Å²) in [5, 5.41) is 9.93. The maximum Gasteiger partial charge on any atom is 0.0962 e. The number of nitriles is 1. The quantitative estimate of drug-likeness (QED) is 0.819. The van der Waals surface area contributed by atoms with Crippen LogP contribution in [0, 0.1) is 11.3 Å². The standard InChI is InChI=1S/C14H11ClN2/c15-12-5-1-10(2-6-12)14(9-16)11-3-7-13(17)8-4-11/h1-8,14H,17H2/t14-/m1/s1. The predicted molar refractivity (Wildman–Crippen MR) is 69.8 cm³/mol. The number of benzene rings is 2. The highest BCUT2D eigenvalue weighted by Crippen LogP contribution is 2.25. The average molecular weight is 243 g/mol. The fourth-order valence-corrected chi connectivity index (χ4v) is 1.81. The molecule has 2 aromatic carbocycles. The minimum absolute atomic E-state index is 0.284. The number of hydrogen-bond donors (Lipinski definition) is 1. The third kappa shape index (κ3) is 2.58. The second kappa shape index (κ2) is 4.90. The van der Waals surface area contributed by atoms with Crippen LogP contribution in [-0.4, -0.2) is 0 Å². The summed E-state index contributed by atoms with van der Waals surface area (Å²) >= 11 is 5.83. The first kappa shape index (κ1) is 11.5. The van der Waals surface area contributed by atoms with Gasteiger partial charge in [-0.25, -0.2) is 0 Å². The van der Waals surface area contributed by atoms with Gasteiger partial charge in [0, 0.05) is 10.7 Å². The molecule has 3 heteroatoms. The predicted octanol–water partition coefficient (Wildman–Crippen LogP) is 3.58. The lowest BCUT2D eigenvalue weighted by molar-refractivity contribution is 1.04. The van der Waals surface area contributed by atoms with Gasteiger partial charge in [0.1, 0.15) is 0 Å². The molecule has 0 fully saturated rings. The van der Waals surface area contributed by atoms with Crippen molar-refractivity contribution in [1.82, 2.24) is 0 Å². The van der Waals surface area contributed by atoms with E-state index in [2.05, 4.69) is 6.07 Å². The van der Waals surface area contributed by atoms with Gasteiger partial charge in [-0.2, -0.15) is 5.26 Å². The van der Waals surface area contributed by atoms with E-state index in [1.54, 1.807) is 24.3 Å². The van der Waals surface area contributed by atoms with Crippen LogP contribution in [0.3, 0.4) is 0 Å². The molecule has 0 radical (unpaired) electrons. The molecule has 0 aliphatic heterocycles. The largest absolute Gasteiger partial charge is 0.399 e. The Labute approximate surface area is 105 Å². The molecule has 0 unspecified atom stereocenters. The molecule has 2 aromatic rings. The molecular formula is C14H11ClN2. The third-order valence-electron chi connectivity index (χ3n) is 2.60. The Morgan fingerprint density at radius 1 is 0.941 bits per heavy atom. The van der Waals surface area contributed by atoms with Crippen molar-refractivity contribution in [3.05, 3.63) is 64.7 Å². The third-order valence-corrected chi connectivity index (χ3v) is 2.85. The fourth-order valence-electron chi connectivity index (χ4n) is 1.69. The first-order valence-electron chi connectivity index (χ1n) is 5.21. The van der Waals surface area contributed by atoms with Crippen molar-refractivity contribution in [2.75, 3.05) is 5.73 Å². The summed E-state index contributed by atoms with van der Waals surface area (Å²) in [5.41, 5.74) is 8.19. The van der Waals surface area contributed by atoms with Gasteiger partial charge >= 0.3 is 0 Å². The molecule has 0 saturated heterocycles. The minimum atomic E-state index is -0.284. The number of rotatable bonds is 2. The molecule has 2 nitrogen and oxygen atoms in total. The lowest BCUT2D eigenvalue weighted by Crippen LogP contribution is -1.98. The van der Waals surface area contributed by atoms with E-state index in [9.17, 15) is 5.26 Å². The Morgan fingerprint density at radius 3 is 1.88 bits per heavy atom. The van der Waals surface area contributed by atoms with Gasteiger partial charge in [0.2, 0.25) is 0 Å². The summed E-state index contributed by atoms with van der Waals surface area (Å²) in [6.45, 7) is 0. The van der Waals surface area contributed by atoms with Crippen molar-refractivity contribution < 1.29 is 0 Å². The molecule has 0 aliphatic rings. The molecule has 0 heterocycles. The lowest BCUT2D eigenvalue weighted by atomic mass is 9.93. The van der Waals surface area contributed by atoms with E-state index in [0.717, 1.165) is 11.1 Å². The van der Waals surface area contributed by atoms with Crippen molar-refractivity contribution in [2.45, 2.75) is 5.92 Å². The van der Waals surface area contributed by atoms with E-state index in [1.165, 1.54) is 0 Å². The number of hydrogen-bond acceptors (Lipinski definition) is 2.